The highest BCUT2D eigenvalue weighted by Gasteiger charge is 2.01. The Morgan fingerprint density at radius 3 is 1.65 bits per heavy atom. The summed E-state index contributed by atoms with van der Waals surface area (Å²) in [6, 6.07) is 0. The maximum Gasteiger partial charge on any atom is 0.394 e. The second-order valence-corrected chi connectivity index (χ2v) is 6.22. The maximum absolute atomic E-state index is 8.74. The summed E-state index contributed by atoms with van der Waals surface area (Å²) in [6.07, 6.45) is 13.3. The smallest absolute Gasteiger partial charge is 0.394 e. The third-order valence-corrected chi connectivity index (χ3v) is 3.16. The van der Waals surface area contributed by atoms with Gasteiger partial charge in [0, 0.05) is 6.61 Å². The fourth-order valence-corrected chi connectivity index (χ4v) is 2.02. The molecular formula is C14H32O5S. The van der Waals surface area contributed by atoms with E-state index in [9.17, 15) is 0 Å². The number of hydrogen-bond donors (Lipinski definition) is 3. The lowest BCUT2D eigenvalue weighted by atomic mass is 9.96. The van der Waals surface area contributed by atoms with Gasteiger partial charge in [0.15, 0.2) is 0 Å². The summed E-state index contributed by atoms with van der Waals surface area (Å²) in [5.41, 5.74) is 0. The summed E-state index contributed by atoms with van der Waals surface area (Å²) in [6.45, 7) is 5.02. The highest BCUT2D eigenvalue weighted by Crippen LogP contribution is 2.17. The quantitative estimate of drug-likeness (QED) is 0.397. The van der Waals surface area contributed by atoms with Gasteiger partial charge >= 0.3 is 10.4 Å². The highest BCUT2D eigenvalue weighted by atomic mass is 32.3. The molecule has 0 rings (SSSR count). The predicted octanol–water partition coefficient (Wildman–Crippen LogP) is 3.88. The van der Waals surface area contributed by atoms with Crippen LogP contribution in [0.5, 0.6) is 0 Å². The van der Waals surface area contributed by atoms with Crippen LogP contribution in [0, 0.1) is 5.92 Å². The number of aliphatic hydroxyl groups is 1. The minimum absolute atomic E-state index is 0.368. The third-order valence-electron chi connectivity index (χ3n) is 3.16. The van der Waals surface area contributed by atoms with E-state index in [0.717, 1.165) is 12.3 Å². The largest absolute Gasteiger partial charge is 0.396 e. The average molecular weight is 312 g/mol. The van der Waals surface area contributed by atoms with E-state index in [-0.39, 0.29) is 0 Å². The van der Waals surface area contributed by atoms with Crippen LogP contribution < -0.4 is 0 Å². The molecule has 124 valence electrons. The molecule has 0 heterocycles. The minimum Gasteiger partial charge on any atom is -0.396 e. The van der Waals surface area contributed by atoms with Crippen molar-refractivity contribution in [3.8, 4) is 0 Å². The van der Waals surface area contributed by atoms with Crippen LogP contribution in [0.3, 0.4) is 0 Å². The topological polar surface area (TPSA) is 94.8 Å². The first kappa shape index (κ1) is 22.1. The van der Waals surface area contributed by atoms with E-state index in [1.807, 2.05) is 0 Å². The molecule has 1 unspecified atom stereocenters. The standard InChI is InChI=1S/C14H30O.H2O4S/c1-3-4-5-8-11-14(2)12-9-6-7-10-13-15;1-5(2,3)4/h14-15H,3-13H2,1-2H3;(H2,1,2,3,4). The lowest BCUT2D eigenvalue weighted by Gasteiger charge is -2.10. The van der Waals surface area contributed by atoms with Crippen LogP contribution in [0.15, 0.2) is 0 Å². The molecule has 3 N–H and O–H groups in total. The lowest BCUT2D eigenvalue weighted by Crippen LogP contribution is -1.95. The molecule has 0 bridgehead atoms. The predicted molar refractivity (Wildman–Crippen MR) is 82.3 cm³/mol. The van der Waals surface area contributed by atoms with E-state index in [0.29, 0.717) is 6.61 Å². The van der Waals surface area contributed by atoms with Gasteiger partial charge in [0.1, 0.15) is 0 Å². The van der Waals surface area contributed by atoms with Gasteiger partial charge in [-0.25, -0.2) is 0 Å². The van der Waals surface area contributed by atoms with Gasteiger partial charge in [-0.1, -0.05) is 71.6 Å². The van der Waals surface area contributed by atoms with Crippen molar-refractivity contribution >= 4 is 10.4 Å². The van der Waals surface area contributed by atoms with Crippen LogP contribution in [0.4, 0.5) is 0 Å². The molecule has 0 radical (unpaired) electrons. The molecule has 20 heavy (non-hydrogen) atoms. The Kier molecular flexibility index (Phi) is 16.8. The molecule has 0 saturated heterocycles. The zero-order valence-corrected chi connectivity index (χ0v) is 13.7. The molecular weight excluding hydrogens is 280 g/mol. The SMILES string of the molecule is CCCCCCC(C)CCCCCCO.O=S(=O)(O)O. The number of hydrogen-bond acceptors (Lipinski definition) is 3. The number of unbranched alkanes of at least 4 members (excludes halogenated alkanes) is 6. The molecule has 0 aliphatic rings. The molecule has 0 saturated carbocycles. The molecule has 6 heteroatoms. The Hall–Kier alpha value is -0.170. The van der Waals surface area contributed by atoms with Gasteiger partial charge in [-0.05, 0) is 12.3 Å². The first-order valence-corrected chi connectivity index (χ1v) is 9.01. The first-order valence-electron chi connectivity index (χ1n) is 7.62. The van der Waals surface area contributed by atoms with E-state index in [1.54, 1.807) is 0 Å². The third kappa shape index (κ3) is 30.7. The van der Waals surface area contributed by atoms with Crippen molar-refractivity contribution in [3.05, 3.63) is 0 Å². The molecule has 0 fully saturated rings. The van der Waals surface area contributed by atoms with Crippen molar-refractivity contribution in [2.24, 2.45) is 5.92 Å². The van der Waals surface area contributed by atoms with Crippen molar-refractivity contribution in [2.45, 2.75) is 78.1 Å². The van der Waals surface area contributed by atoms with Gasteiger partial charge in [0.2, 0.25) is 0 Å². The molecule has 1 atom stereocenters. The average Bonchev–Trinajstić information content (AvgIpc) is 2.32. The molecule has 0 spiro atoms. The van der Waals surface area contributed by atoms with Gasteiger partial charge in [0.25, 0.3) is 0 Å². The molecule has 0 aliphatic carbocycles. The fraction of sp³-hybridized carbons (Fsp3) is 1.00. The fourth-order valence-electron chi connectivity index (χ4n) is 2.02. The lowest BCUT2D eigenvalue weighted by molar-refractivity contribution is 0.281. The van der Waals surface area contributed by atoms with Gasteiger partial charge in [-0.2, -0.15) is 8.42 Å². The summed E-state index contributed by atoms with van der Waals surface area (Å²) in [4.78, 5) is 0. The van der Waals surface area contributed by atoms with E-state index >= 15 is 0 Å². The van der Waals surface area contributed by atoms with Crippen molar-refractivity contribution < 1.29 is 22.6 Å². The summed E-state index contributed by atoms with van der Waals surface area (Å²) in [5, 5.41) is 8.64. The Morgan fingerprint density at radius 1 is 0.850 bits per heavy atom. The Morgan fingerprint density at radius 2 is 1.25 bits per heavy atom. The number of aliphatic hydroxyl groups excluding tert-OH is 1. The Labute approximate surface area is 124 Å². The molecule has 0 aromatic heterocycles. The van der Waals surface area contributed by atoms with Crippen LogP contribution in [0.2, 0.25) is 0 Å². The van der Waals surface area contributed by atoms with Gasteiger partial charge < -0.3 is 5.11 Å². The Bertz CT molecular complexity index is 269. The van der Waals surface area contributed by atoms with Crippen molar-refractivity contribution in [1.29, 1.82) is 0 Å². The van der Waals surface area contributed by atoms with Crippen molar-refractivity contribution in [3.63, 3.8) is 0 Å². The van der Waals surface area contributed by atoms with E-state index < -0.39 is 10.4 Å². The first-order chi connectivity index (χ1) is 9.31. The molecule has 0 amide bonds. The zero-order valence-electron chi connectivity index (χ0n) is 12.9. The van der Waals surface area contributed by atoms with E-state index in [2.05, 4.69) is 13.8 Å². The monoisotopic (exact) mass is 312 g/mol. The highest BCUT2D eigenvalue weighted by molar-refractivity contribution is 7.79. The normalized spacial score (nSPS) is 12.7. The van der Waals surface area contributed by atoms with Crippen LogP contribution in [0.1, 0.15) is 78.1 Å². The number of rotatable bonds is 11. The summed E-state index contributed by atoms with van der Waals surface area (Å²) >= 11 is 0. The molecule has 5 nitrogen and oxygen atoms in total. The summed E-state index contributed by atoms with van der Waals surface area (Å²) in [5.74, 6) is 0.913. The second-order valence-electron chi connectivity index (χ2n) is 5.33. The van der Waals surface area contributed by atoms with Crippen LogP contribution in [-0.4, -0.2) is 29.2 Å². The van der Waals surface area contributed by atoms with Crippen LogP contribution in [0.25, 0.3) is 0 Å². The molecule has 0 aliphatic heterocycles. The zero-order chi connectivity index (χ0) is 15.9. The Balaban J connectivity index is 0. The van der Waals surface area contributed by atoms with Crippen molar-refractivity contribution in [1.82, 2.24) is 0 Å². The molecule has 0 aromatic carbocycles. The second kappa shape index (κ2) is 15.2. The van der Waals surface area contributed by atoms with Gasteiger partial charge in [0.05, 0.1) is 0 Å². The summed E-state index contributed by atoms with van der Waals surface area (Å²) in [7, 11) is -4.67. The van der Waals surface area contributed by atoms with Gasteiger partial charge in [-0.15, -0.1) is 0 Å². The van der Waals surface area contributed by atoms with E-state index in [1.165, 1.54) is 57.8 Å². The van der Waals surface area contributed by atoms with Crippen molar-refractivity contribution in [2.75, 3.05) is 6.61 Å². The summed E-state index contributed by atoms with van der Waals surface area (Å²) < 4.78 is 31.6. The molecule has 0 aromatic rings. The minimum atomic E-state index is -4.67. The maximum atomic E-state index is 8.74. The van der Waals surface area contributed by atoms with Crippen LogP contribution in [-0.2, 0) is 10.4 Å². The van der Waals surface area contributed by atoms with E-state index in [4.69, 9.17) is 22.6 Å². The van der Waals surface area contributed by atoms with Crippen LogP contribution >= 0.6 is 0 Å². The van der Waals surface area contributed by atoms with Gasteiger partial charge in [-0.3, -0.25) is 9.11 Å².